The lowest BCUT2D eigenvalue weighted by molar-refractivity contribution is -0.200. The van der Waals surface area contributed by atoms with Gasteiger partial charge in [-0.05, 0) is 106 Å². The van der Waals surface area contributed by atoms with Gasteiger partial charge in [-0.2, -0.15) is 13.2 Å². The summed E-state index contributed by atoms with van der Waals surface area (Å²) in [5.74, 6) is 5.27. The minimum absolute atomic E-state index is 0.0341. The predicted octanol–water partition coefficient (Wildman–Crippen LogP) is 4.46. The molecule has 5 aliphatic heterocycles. The van der Waals surface area contributed by atoms with Crippen molar-refractivity contribution in [2.75, 3.05) is 70.3 Å². The normalized spacial score (nSPS) is 34.4. The van der Waals surface area contributed by atoms with Crippen LogP contribution >= 0.6 is 0 Å². The molecule has 9 unspecified atom stereocenters. The second-order valence-electron chi connectivity index (χ2n) is 18.8. The Labute approximate surface area is 348 Å². The van der Waals surface area contributed by atoms with Gasteiger partial charge >= 0.3 is 6.18 Å². The number of fused-ring (bicyclic) bond motifs is 1. The molecule has 7 aliphatic rings. The molecule has 5 heterocycles. The van der Waals surface area contributed by atoms with Crippen molar-refractivity contribution >= 4 is 23.4 Å². The highest BCUT2D eigenvalue weighted by atomic mass is 19.4. The zero-order valence-electron chi connectivity index (χ0n) is 34.8. The molecule has 9 atom stereocenters. The molecule has 4 N–H and O–H groups in total. The summed E-state index contributed by atoms with van der Waals surface area (Å²) < 4.78 is 43.8. The maximum atomic E-state index is 14.6. The van der Waals surface area contributed by atoms with E-state index in [4.69, 9.17) is 0 Å². The lowest BCUT2D eigenvalue weighted by Crippen LogP contribution is -2.53. The van der Waals surface area contributed by atoms with Gasteiger partial charge in [0.1, 0.15) is 0 Å². The molecule has 14 heteroatoms. The molecule has 2 saturated carbocycles. The van der Waals surface area contributed by atoms with E-state index in [1.807, 2.05) is 12.1 Å². The van der Waals surface area contributed by atoms with Crippen molar-refractivity contribution in [1.29, 1.82) is 0 Å². The molecular formula is C45H65F3N8O3. The summed E-state index contributed by atoms with van der Waals surface area (Å²) in [5.41, 5.74) is 5.58. The van der Waals surface area contributed by atoms with Crippen LogP contribution in [0.4, 0.5) is 18.9 Å². The van der Waals surface area contributed by atoms with Crippen LogP contribution in [0.15, 0.2) is 24.3 Å². The van der Waals surface area contributed by atoms with Crippen LogP contribution < -0.4 is 26.3 Å². The number of carbonyl (C=O) groups is 3. The van der Waals surface area contributed by atoms with Gasteiger partial charge < -0.3 is 20.0 Å². The number of halogens is 3. The van der Waals surface area contributed by atoms with E-state index in [9.17, 15) is 27.6 Å². The van der Waals surface area contributed by atoms with Gasteiger partial charge in [0.25, 0.3) is 0 Å². The van der Waals surface area contributed by atoms with Crippen LogP contribution in [-0.2, 0) is 14.4 Å². The van der Waals surface area contributed by atoms with Gasteiger partial charge in [-0.15, -0.1) is 0 Å². The average Bonchev–Trinajstić information content (AvgIpc) is 3.65. The van der Waals surface area contributed by atoms with Gasteiger partial charge in [-0.25, -0.2) is 5.01 Å². The molecule has 1 aromatic carbocycles. The summed E-state index contributed by atoms with van der Waals surface area (Å²) in [4.78, 5) is 44.5. The van der Waals surface area contributed by atoms with E-state index in [0.717, 1.165) is 109 Å². The molecule has 0 radical (unpaired) electrons. The minimum atomic E-state index is -4.29. The zero-order valence-corrected chi connectivity index (χ0v) is 34.8. The summed E-state index contributed by atoms with van der Waals surface area (Å²) in [6.07, 6.45) is 4.77. The standard InChI is InChI=1S/C45H65F3N8O3/c1-30-4-5-34(25-33(30)9-13-38-27-49-41-3-2-18-50-56(38)41)43(58)51-36-10-6-35(40(26-36)45(46,47)48)29-54-23-21-53(22-24-54)28-31-16-19-55(20-17-31)37-11-7-32(8-12-37)39-14-15-42(57)52-44(39)59/h7-8,11-12,30-31,33-36,38-41,49-50H,2-6,10,14-29H2,1H3,(H,51,58)(H,52,57,59). The molecule has 8 rings (SSSR count). The van der Waals surface area contributed by atoms with E-state index < -0.39 is 24.1 Å². The molecule has 1 aromatic rings. The van der Waals surface area contributed by atoms with Crippen molar-refractivity contribution in [3.8, 4) is 11.8 Å². The summed E-state index contributed by atoms with van der Waals surface area (Å²) in [6.45, 7) is 10.7. The molecule has 0 aromatic heterocycles. The number of hydrogen-bond donors (Lipinski definition) is 4. The molecule has 11 nitrogen and oxygen atoms in total. The number of anilines is 1. The Morgan fingerprint density at radius 1 is 0.864 bits per heavy atom. The van der Waals surface area contributed by atoms with Crippen molar-refractivity contribution < 1.29 is 27.6 Å². The summed E-state index contributed by atoms with van der Waals surface area (Å²) in [7, 11) is 0. The van der Waals surface area contributed by atoms with Gasteiger partial charge in [0.05, 0.1) is 24.0 Å². The topological polar surface area (TPSA) is 112 Å². The Balaban J connectivity index is 0.754. The number of nitrogens with one attached hydrogen (secondary N) is 4. The van der Waals surface area contributed by atoms with E-state index in [1.165, 1.54) is 0 Å². The number of alkyl halides is 3. The summed E-state index contributed by atoms with van der Waals surface area (Å²) >= 11 is 0. The van der Waals surface area contributed by atoms with E-state index >= 15 is 0 Å². The van der Waals surface area contributed by atoms with E-state index in [2.05, 4.69) is 72.0 Å². The second-order valence-corrected chi connectivity index (χ2v) is 18.8. The van der Waals surface area contributed by atoms with Crippen molar-refractivity contribution in [3.63, 3.8) is 0 Å². The monoisotopic (exact) mass is 823 g/mol. The summed E-state index contributed by atoms with van der Waals surface area (Å²) in [5, 5.41) is 11.3. The molecule has 0 spiro atoms. The first-order valence-electron chi connectivity index (χ1n) is 22.7. The van der Waals surface area contributed by atoms with Crippen molar-refractivity contribution in [3.05, 3.63) is 29.8 Å². The third-order valence-electron chi connectivity index (χ3n) is 14.9. The fourth-order valence-electron chi connectivity index (χ4n) is 11.2. The molecule has 59 heavy (non-hydrogen) atoms. The van der Waals surface area contributed by atoms with Crippen LogP contribution in [0.5, 0.6) is 0 Å². The second kappa shape index (κ2) is 18.8. The van der Waals surface area contributed by atoms with Crippen LogP contribution in [0.25, 0.3) is 0 Å². The third kappa shape index (κ3) is 10.5. The molecular weight excluding hydrogens is 758 g/mol. The number of piperidine rings is 2. The Hall–Kier alpha value is -3.22. The average molecular weight is 823 g/mol. The number of hydrogen-bond acceptors (Lipinski definition) is 9. The Kier molecular flexibility index (Phi) is 13.5. The van der Waals surface area contributed by atoms with Gasteiger partial charge in [-0.3, -0.25) is 30.4 Å². The Morgan fingerprint density at radius 3 is 2.34 bits per heavy atom. The van der Waals surface area contributed by atoms with Crippen LogP contribution in [0.2, 0.25) is 0 Å². The highest BCUT2D eigenvalue weighted by Gasteiger charge is 2.48. The maximum Gasteiger partial charge on any atom is 0.392 e. The largest absolute Gasteiger partial charge is 0.392 e. The zero-order chi connectivity index (χ0) is 41.1. The van der Waals surface area contributed by atoms with Crippen LogP contribution in [-0.4, -0.2) is 122 Å². The number of piperazine rings is 1. The van der Waals surface area contributed by atoms with Crippen LogP contribution in [0, 0.1) is 47.3 Å². The Morgan fingerprint density at radius 2 is 1.61 bits per heavy atom. The number of hydrazine groups is 1. The number of nitrogens with zero attached hydrogens (tertiary/aromatic N) is 4. The Bertz CT molecular complexity index is 1680. The fourth-order valence-corrected chi connectivity index (χ4v) is 11.2. The number of benzene rings is 1. The van der Waals surface area contributed by atoms with Crippen LogP contribution in [0.3, 0.4) is 0 Å². The maximum absolute atomic E-state index is 14.6. The van der Waals surface area contributed by atoms with Crippen molar-refractivity contribution in [2.45, 2.75) is 114 Å². The van der Waals surface area contributed by atoms with Crippen LogP contribution in [0.1, 0.15) is 95.5 Å². The smallest absolute Gasteiger partial charge is 0.372 e. The number of carbonyl (C=O) groups excluding carboxylic acids is 3. The molecule has 324 valence electrons. The predicted molar refractivity (Wildman–Crippen MR) is 221 cm³/mol. The molecule has 2 aliphatic carbocycles. The first-order chi connectivity index (χ1) is 28.5. The lowest BCUT2D eigenvalue weighted by atomic mass is 9.73. The quantitative estimate of drug-likeness (QED) is 0.223. The highest BCUT2D eigenvalue weighted by Crippen LogP contribution is 2.43. The first kappa shape index (κ1) is 42.5. The lowest BCUT2D eigenvalue weighted by Gasteiger charge is -2.43. The minimum Gasteiger partial charge on any atom is -0.372 e. The van der Waals surface area contributed by atoms with Crippen molar-refractivity contribution in [2.24, 2.45) is 35.5 Å². The summed E-state index contributed by atoms with van der Waals surface area (Å²) in [6, 6.07) is 7.88. The molecule has 3 amide bonds. The van der Waals surface area contributed by atoms with Crippen molar-refractivity contribution in [1.82, 2.24) is 36.2 Å². The van der Waals surface area contributed by atoms with Gasteiger partial charge in [0.2, 0.25) is 17.7 Å². The van der Waals surface area contributed by atoms with Gasteiger partial charge in [0.15, 0.2) is 0 Å². The van der Waals surface area contributed by atoms with E-state index in [-0.39, 0.29) is 47.9 Å². The first-order valence-corrected chi connectivity index (χ1v) is 22.7. The molecule has 7 fully saturated rings. The number of amides is 3. The number of rotatable bonds is 8. The van der Waals surface area contributed by atoms with E-state index in [0.29, 0.717) is 56.7 Å². The number of imide groups is 1. The molecule has 5 saturated heterocycles. The van der Waals surface area contributed by atoms with E-state index in [1.54, 1.807) is 0 Å². The van der Waals surface area contributed by atoms with Gasteiger partial charge in [0, 0.05) is 95.4 Å². The molecule has 0 bridgehead atoms. The highest BCUT2D eigenvalue weighted by molar-refractivity contribution is 6.00. The fraction of sp³-hybridized carbons (Fsp3) is 0.756. The third-order valence-corrected chi connectivity index (χ3v) is 14.9. The SMILES string of the molecule is CC1CCC(C(=O)NC2CCC(CN3CCN(CC4CCN(c5ccc(C6CCC(=O)NC6=O)cc5)CC4)CC3)C(C(F)(F)F)C2)CC1C#CC1CNC2CCCNN12. The van der Waals surface area contributed by atoms with Gasteiger partial charge in [-0.1, -0.05) is 30.9 Å².